The molecule has 19 heteroatoms. The van der Waals surface area contributed by atoms with Gasteiger partial charge in [0.2, 0.25) is 0 Å². The van der Waals surface area contributed by atoms with Gasteiger partial charge in [-0.3, -0.25) is 37.3 Å². The van der Waals surface area contributed by atoms with Gasteiger partial charge < -0.3 is 33.8 Å². The molecule has 0 aliphatic heterocycles. The SMILES string of the molecule is CC/C=C\C/C=C\C/C=C\CCCCCCCCCC(=O)OCC(COP(=O)(O)OCC(O)COP(=O)(O)OCC(COC(=O)CCCCCCCC/C=C\C/C=C\C/C=C\CCCCC)OC(=O)CCCCCCC/C=C\CCCCCCCC)OC(=O)CCCCCCC/C=C\CCCC. The van der Waals surface area contributed by atoms with Crippen LogP contribution in [0.4, 0.5) is 0 Å². The van der Waals surface area contributed by atoms with Gasteiger partial charge in [0, 0.05) is 25.7 Å². The van der Waals surface area contributed by atoms with Crippen molar-refractivity contribution in [3.05, 3.63) is 97.2 Å². The van der Waals surface area contributed by atoms with Crippen LogP contribution in [0.25, 0.3) is 0 Å². The zero-order valence-corrected chi connectivity index (χ0v) is 66.3. The molecule has 0 aliphatic carbocycles. The van der Waals surface area contributed by atoms with E-state index >= 15 is 0 Å². The quantitative estimate of drug-likeness (QED) is 0.0169. The summed E-state index contributed by atoms with van der Waals surface area (Å²) >= 11 is 0. The van der Waals surface area contributed by atoms with E-state index in [4.69, 9.17) is 37.0 Å². The van der Waals surface area contributed by atoms with E-state index in [1.165, 1.54) is 70.6 Å². The summed E-state index contributed by atoms with van der Waals surface area (Å²) in [5, 5.41) is 10.6. The molecule has 5 atom stereocenters. The maximum Gasteiger partial charge on any atom is 0.472 e. The Morgan fingerprint density at radius 3 is 0.843 bits per heavy atom. The minimum absolute atomic E-state index is 0.0823. The summed E-state index contributed by atoms with van der Waals surface area (Å²) in [6.07, 6.45) is 79.5. The Morgan fingerprint density at radius 1 is 0.284 bits per heavy atom. The van der Waals surface area contributed by atoms with E-state index in [1.54, 1.807) is 0 Å². The fraction of sp³-hybridized carbons (Fsp3) is 0.759. The minimum atomic E-state index is -4.98. The Bertz CT molecular complexity index is 2310. The van der Waals surface area contributed by atoms with Crippen LogP contribution in [-0.2, 0) is 65.4 Å². The Labute approximate surface area is 620 Å². The number of phosphoric ester groups is 2. The van der Waals surface area contributed by atoms with Gasteiger partial charge in [-0.25, -0.2) is 9.13 Å². The monoisotopic (exact) mass is 1480 g/mol. The number of hydrogen-bond acceptors (Lipinski definition) is 15. The highest BCUT2D eigenvalue weighted by molar-refractivity contribution is 7.47. The maximum atomic E-state index is 13.1. The number of esters is 4. The Balaban J connectivity index is 5.33. The summed E-state index contributed by atoms with van der Waals surface area (Å²) in [6.45, 7) is 4.69. The molecule has 0 saturated heterocycles. The van der Waals surface area contributed by atoms with Crippen LogP contribution >= 0.6 is 15.6 Å². The van der Waals surface area contributed by atoms with Crippen molar-refractivity contribution in [3.63, 3.8) is 0 Å². The van der Waals surface area contributed by atoms with Crippen molar-refractivity contribution in [1.29, 1.82) is 0 Å². The van der Waals surface area contributed by atoms with Crippen molar-refractivity contribution in [2.45, 2.75) is 367 Å². The Kier molecular flexibility index (Phi) is 72.3. The number of aliphatic hydroxyl groups is 1. The summed E-state index contributed by atoms with van der Waals surface area (Å²) in [7, 11) is -9.96. The molecule has 0 spiro atoms. The predicted molar refractivity (Wildman–Crippen MR) is 418 cm³/mol. The third-order valence-electron chi connectivity index (χ3n) is 17.0. The molecule has 0 bridgehead atoms. The molecule has 0 aromatic rings. The highest BCUT2D eigenvalue weighted by Crippen LogP contribution is 2.45. The second-order valence-electron chi connectivity index (χ2n) is 27.0. The molecule has 0 radical (unpaired) electrons. The predicted octanol–water partition coefficient (Wildman–Crippen LogP) is 23.6. The lowest BCUT2D eigenvalue weighted by atomic mass is 10.1. The van der Waals surface area contributed by atoms with Crippen molar-refractivity contribution in [3.8, 4) is 0 Å². The normalized spacial score (nSPS) is 14.4. The first-order chi connectivity index (χ1) is 49.7. The Hall–Kier alpha value is -4.02. The smallest absolute Gasteiger partial charge is 0.462 e. The summed E-state index contributed by atoms with van der Waals surface area (Å²) < 4.78 is 68.6. The van der Waals surface area contributed by atoms with Gasteiger partial charge in [-0.1, -0.05) is 279 Å². The molecule has 0 saturated carbocycles. The number of rotatable bonds is 76. The zero-order chi connectivity index (χ0) is 74.6. The summed E-state index contributed by atoms with van der Waals surface area (Å²) in [6, 6.07) is 0. The van der Waals surface area contributed by atoms with Crippen LogP contribution in [0.3, 0.4) is 0 Å². The molecular formula is C83H146O17P2. The molecule has 17 nitrogen and oxygen atoms in total. The number of allylic oxidation sites excluding steroid dienone is 16. The van der Waals surface area contributed by atoms with E-state index in [0.717, 1.165) is 199 Å². The van der Waals surface area contributed by atoms with Crippen molar-refractivity contribution in [2.75, 3.05) is 39.6 Å². The number of aliphatic hydroxyl groups excluding tert-OH is 1. The molecule has 0 heterocycles. The molecular weight excluding hydrogens is 1330 g/mol. The summed E-state index contributed by atoms with van der Waals surface area (Å²) in [5.74, 6) is -2.20. The van der Waals surface area contributed by atoms with E-state index in [-0.39, 0.29) is 25.7 Å². The van der Waals surface area contributed by atoms with Crippen LogP contribution in [0.5, 0.6) is 0 Å². The van der Waals surface area contributed by atoms with E-state index in [9.17, 15) is 43.2 Å². The van der Waals surface area contributed by atoms with Gasteiger partial charge >= 0.3 is 39.5 Å². The average molecular weight is 1480 g/mol. The van der Waals surface area contributed by atoms with E-state index in [0.29, 0.717) is 25.7 Å². The lowest BCUT2D eigenvalue weighted by molar-refractivity contribution is -0.161. The molecule has 0 aromatic heterocycles. The van der Waals surface area contributed by atoms with Gasteiger partial charge in [-0.05, 0) is 141 Å². The van der Waals surface area contributed by atoms with E-state index in [1.807, 2.05) is 0 Å². The van der Waals surface area contributed by atoms with E-state index < -0.39 is 97.5 Å². The number of unbranched alkanes of at least 4 members (excludes halogenated alkanes) is 34. The van der Waals surface area contributed by atoms with Crippen LogP contribution in [0.15, 0.2) is 97.2 Å². The van der Waals surface area contributed by atoms with Gasteiger partial charge in [-0.2, -0.15) is 0 Å². The molecule has 590 valence electrons. The fourth-order valence-corrected chi connectivity index (χ4v) is 12.4. The van der Waals surface area contributed by atoms with Crippen LogP contribution in [0.1, 0.15) is 349 Å². The first-order valence-electron chi connectivity index (χ1n) is 40.5. The Morgan fingerprint density at radius 2 is 0.520 bits per heavy atom. The number of carbonyl (C=O) groups excluding carboxylic acids is 4. The second kappa shape index (κ2) is 75.2. The molecule has 102 heavy (non-hydrogen) atoms. The molecule has 0 aliphatic rings. The van der Waals surface area contributed by atoms with Gasteiger partial charge in [0.25, 0.3) is 0 Å². The second-order valence-corrected chi connectivity index (χ2v) is 29.9. The molecule has 0 fully saturated rings. The molecule has 0 aromatic carbocycles. The van der Waals surface area contributed by atoms with E-state index in [2.05, 4.69) is 125 Å². The van der Waals surface area contributed by atoms with Crippen molar-refractivity contribution in [1.82, 2.24) is 0 Å². The molecule has 5 unspecified atom stereocenters. The van der Waals surface area contributed by atoms with Crippen molar-refractivity contribution >= 4 is 39.5 Å². The van der Waals surface area contributed by atoms with Crippen molar-refractivity contribution < 1.29 is 80.2 Å². The van der Waals surface area contributed by atoms with Crippen LogP contribution < -0.4 is 0 Å². The number of ether oxygens (including phenoxy) is 4. The maximum absolute atomic E-state index is 13.1. The average Bonchev–Trinajstić information content (AvgIpc) is 0.926. The van der Waals surface area contributed by atoms with Crippen molar-refractivity contribution in [2.24, 2.45) is 0 Å². The molecule has 0 amide bonds. The summed E-state index contributed by atoms with van der Waals surface area (Å²) in [5.41, 5.74) is 0. The first kappa shape index (κ1) is 98.0. The topological polar surface area (TPSA) is 237 Å². The van der Waals surface area contributed by atoms with Gasteiger partial charge in [-0.15, -0.1) is 0 Å². The third-order valence-corrected chi connectivity index (χ3v) is 18.9. The van der Waals surface area contributed by atoms with Gasteiger partial charge in [0.15, 0.2) is 12.2 Å². The highest BCUT2D eigenvalue weighted by atomic mass is 31.2. The fourth-order valence-electron chi connectivity index (χ4n) is 10.8. The largest absolute Gasteiger partial charge is 0.472 e. The van der Waals surface area contributed by atoms with Crippen LogP contribution in [0.2, 0.25) is 0 Å². The lowest BCUT2D eigenvalue weighted by Gasteiger charge is -2.21. The number of hydrogen-bond donors (Lipinski definition) is 3. The first-order valence-corrected chi connectivity index (χ1v) is 43.5. The standard InChI is InChI=1S/C83H146O17P2/c1-5-9-13-17-21-25-29-32-35-37-38-40-43-45-49-52-56-60-64-68-81(86)94-74-79(100-83(88)70-66-62-58-54-50-46-41-34-31-27-23-19-15-11-7-3)76-98-102(91,92)96-72-77(84)71-95-101(89,90)97-75-78(99-82(87)69-65-61-57-53-47-28-24-20-16-12-8-4)73-93-80(85)67-63-59-55-51-48-44-42-39-36-33-30-26-22-18-14-10-6-2/h10,14,20-22,24-26,32-36,38,40-41,77-79,84H,5-9,11-13,15-19,23,27-31,37,39,42-76H2,1-4H3,(H,89,90)(H,91,92)/b14-10-,24-20-,25-21-,26-22-,35-32-,36-33-,40-38-,41-34-. The summed E-state index contributed by atoms with van der Waals surface area (Å²) in [4.78, 5) is 73.0. The zero-order valence-electron chi connectivity index (χ0n) is 64.5. The van der Waals surface area contributed by atoms with Gasteiger partial charge in [0.05, 0.1) is 26.4 Å². The van der Waals surface area contributed by atoms with Crippen LogP contribution in [-0.4, -0.2) is 96.7 Å². The lowest BCUT2D eigenvalue weighted by Crippen LogP contribution is -2.30. The van der Waals surface area contributed by atoms with Gasteiger partial charge in [0.1, 0.15) is 19.3 Å². The number of carbonyl (C=O) groups is 4. The minimum Gasteiger partial charge on any atom is -0.462 e. The van der Waals surface area contributed by atoms with Crippen LogP contribution in [0, 0.1) is 0 Å². The highest BCUT2D eigenvalue weighted by Gasteiger charge is 2.30. The molecule has 0 rings (SSSR count). The third kappa shape index (κ3) is 74.3. The molecule has 3 N–H and O–H groups in total. The number of phosphoric acid groups is 2.